The van der Waals surface area contributed by atoms with Crippen LogP contribution in [0.4, 0.5) is 5.82 Å². The number of hydrogen-bond acceptors (Lipinski definition) is 5. The number of anilines is 1. The lowest BCUT2D eigenvalue weighted by atomic mass is 10.0. The number of ether oxygens (including phenoxy) is 1. The van der Waals surface area contributed by atoms with Crippen LogP contribution in [0.15, 0.2) is 24.4 Å². The Morgan fingerprint density at radius 3 is 2.69 bits per heavy atom. The van der Waals surface area contributed by atoms with Crippen molar-refractivity contribution in [1.82, 2.24) is 19.7 Å². The quantitative estimate of drug-likeness (QED) is 0.804. The van der Waals surface area contributed by atoms with E-state index >= 15 is 0 Å². The van der Waals surface area contributed by atoms with Crippen LogP contribution in [0.5, 0.6) is 5.88 Å². The van der Waals surface area contributed by atoms with Gasteiger partial charge in [-0.2, -0.15) is 5.10 Å². The second kappa shape index (κ2) is 6.16. The number of halogens is 1. The number of rotatable bonds is 2. The molecule has 2 fully saturated rings. The molecule has 5 rings (SSSR count). The van der Waals surface area contributed by atoms with Crippen molar-refractivity contribution in [2.75, 3.05) is 37.7 Å². The van der Waals surface area contributed by atoms with Gasteiger partial charge in [0, 0.05) is 63.2 Å². The largest absolute Gasteiger partial charge is 0.478 e. The van der Waals surface area contributed by atoms with Gasteiger partial charge in [-0.25, -0.2) is 9.67 Å². The van der Waals surface area contributed by atoms with Crippen molar-refractivity contribution >= 4 is 23.3 Å². The molecule has 8 heteroatoms. The molecular formula is C18H20ClN5O2. The van der Waals surface area contributed by atoms with E-state index in [4.69, 9.17) is 16.3 Å². The number of carbonyl (C=O) groups excluding carboxylic acids is 1. The fourth-order valence-electron chi connectivity index (χ4n) is 4.23. The Kier molecular flexibility index (Phi) is 3.77. The third kappa shape index (κ3) is 2.70. The second-order valence-corrected chi connectivity index (χ2v) is 7.70. The fraction of sp³-hybridized carbons (Fsp3) is 0.500. The molecular weight excluding hydrogens is 354 g/mol. The van der Waals surface area contributed by atoms with Crippen molar-refractivity contribution in [3.05, 3.63) is 35.1 Å². The number of aromatic nitrogens is 3. The molecule has 5 heterocycles. The summed E-state index contributed by atoms with van der Waals surface area (Å²) in [5.74, 6) is 2.63. The van der Waals surface area contributed by atoms with Gasteiger partial charge < -0.3 is 14.5 Å². The first-order valence-corrected chi connectivity index (χ1v) is 9.41. The summed E-state index contributed by atoms with van der Waals surface area (Å²) in [7, 11) is 0. The minimum absolute atomic E-state index is 0.0149. The number of aryl methyl sites for hydroxylation is 1. The van der Waals surface area contributed by atoms with Crippen molar-refractivity contribution < 1.29 is 9.53 Å². The number of hydrogen-bond donors (Lipinski definition) is 0. The molecule has 0 radical (unpaired) electrons. The molecule has 2 aromatic heterocycles. The van der Waals surface area contributed by atoms with E-state index in [-0.39, 0.29) is 5.91 Å². The molecule has 2 aromatic rings. The van der Waals surface area contributed by atoms with E-state index in [2.05, 4.69) is 15.0 Å². The van der Waals surface area contributed by atoms with Crippen LogP contribution in [0, 0.1) is 11.8 Å². The maximum absolute atomic E-state index is 12.8. The molecule has 26 heavy (non-hydrogen) atoms. The van der Waals surface area contributed by atoms with Gasteiger partial charge in [0.05, 0.1) is 11.6 Å². The van der Waals surface area contributed by atoms with Gasteiger partial charge in [0.1, 0.15) is 5.82 Å². The molecule has 1 amide bonds. The van der Waals surface area contributed by atoms with Gasteiger partial charge in [0.15, 0.2) is 5.69 Å². The van der Waals surface area contributed by atoms with Crippen molar-refractivity contribution in [2.45, 2.75) is 13.0 Å². The van der Waals surface area contributed by atoms with E-state index in [1.807, 2.05) is 17.0 Å². The molecule has 0 N–H and O–H groups in total. The zero-order valence-corrected chi connectivity index (χ0v) is 15.1. The normalized spacial score (nSPS) is 24.3. The predicted molar refractivity (Wildman–Crippen MR) is 96.7 cm³/mol. The zero-order chi connectivity index (χ0) is 17.7. The summed E-state index contributed by atoms with van der Waals surface area (Å²) in [6.07, 6.45) is 2.62. The summed E-state index contributed by atoms with van der Waals surface area (Å²) in [4.78, 5) is 21.5. The molecule has 2 unspecified atom stereocenters. The van der Waals surface area contributed by atoms with E-state index in [1.165, 1.54) is 0 Å². The number of fused-ring (bicyclic) bond motifs is 2. The van der Waals surface area contributed by atoms with Crippen LogP contribution in [0.3, 0.4) is 0 Å². The highest BCUT2D eigenvalue weighted by Gasteiger charge is 2.42. The first kappa shape index (κ1) is 15.9. The minimum Gasteiger partial charge on any atom is -0.478 e. The smallest absolute Gasteiger partial charge is 0.274 e. The lowest BCUT2D eigenvalue weighted by Crippen LogP contribution is -2.33. The van der Waals surface area contributed by atoms with Crippen LogP contribution in [0.25, 0.3) is 0 Å². The zero-order valence-electron chi connectivity index (χ0n) is 14.3. The average molecular weight is 374 g/mol. The van der Waals surface area contributed by atoms with Crippen LogP contribution in [0.1, 0.15) is 16.9 Å². The van der Waals surface area contributed by atoms with E-state index in [0.29, 0.717) is 35.0 Å². The SMILES string of the molecule is O=C(c1cc2n(n1)CCCO2)N1CC2CN(c3ccc(Cl)cn3)CC2C1. The molecule has 136 valence electrons. The van der Waals surface area contributed by atoms with Gasteiger partial charge in [0.25, 0.3) is 5.91 Å². The van der Waals surface area contributed by atoms with Crippen molar-refractivity contribution in [3.63, 3.8) is 0 Å². The number of likely N-dealkylation sites (tertiary alicyclic amines) is 1. The molecule has 0 aliphatic carbocycles. The number of nitrogens with zero attached hydrogens (tertiary/aromatic N) is 5. The van der Waals surface area contributed by atoms with Gasteiger partial charge in [-0.05, 0) is 12.1 Å². The van der Waals surface area contributed by atoms with E-state index < -0.39 is 0 Å². The molecule has 0 aromatic carbocycles. The molecule has 2 saturated heterocycles. The van der Waals surface area contributed by atoms with Crippen LogP contribution in [0.2, 0.25) is 5.02 Å². The van der Waals surface area contributed by atoms with Gasteiger partial charge in [0.2, 0.25) is 5.88 Å². The number of amides is 1. The van der Waals surface area contributed by atoms with Crippen molar-refractivity contribution in [2.24, 2.45) is 11.8 Å². The predicted octanol–water partition coefficient (Wildman–Crippen LogP) is 1.92. The molecule has 0 saturated carbocycles. The first-order chi connectivity index (χ1) is 12.7. The monoisotopic (exact) mass is 373 g/mol. The van der Waals surface area contributed by atoms with Crippen LogP contribution in [-0.2, 0) is 6.54 Å². The van der Waals surface area contributed by atoms with Crippen molar-refractivity contribution in [3.8, 4) is 5.88 Å². The Morgan fingerprint density at radius 1 is 1.19 bits per heavy atom. The van der Waals surface area contributed by atoms with Crippen molar-refractivity contribution in [1.29, 1.82) is 0 Å². The third-order valence-corrected chi connectivity index (χ3v) is 5.76. The highest BCUT2D eigenvalue weighted by atomic mass is 35.5. The average Bonchev–Trinajstić information content (AvgIpc) is 3.34. The summed E-state index contributed by atoms with van der Waals surface area (Å²) in [5, 5.41) is 5.08. The Bertz CT molecular complexity index is 799. The first-order valence-electron chi connectivity index (χ1n) is 9.04. The lowest BCUT2D eigenvalue weighted by Gasteiger charge is -2.22. The Balaban J connectivity index is 1.25. The van der Waals surface area contributed by atoms with Crippen LogP contribution >= 0.6 is 11.6 Å². The topological polar surface area (TPSA) is 63.5 Å². The molecule has 0 bridgehead atoms. The maximum Gasteiger partial charge on any atom is 0.274 e. The van der Waals surface area contributed by atoms with E-state index in [1.54, 1.807) is 16.9 Å². The maximum atomic E-state index is 12.8. The van der Waals surface area contributed by atoms with Gasteiger partial charge in [-0.3, -0.25) is 4.79 Å². The van der Waals surface area contributed by atoms with E-state index in [9.17, 15) is 4.79 Å². The Labute approximate surface area is 156 Å². The second-order valence-electron chi connectivity index (χ2n) is 7.26. The molecule has 3 aliphatic rings. The number of pyridine rings is 1. The fourth-order valence-corrected chi connectivity index (χ4v) is 4.35. The highest BCUT2D eigenvalue weighted by molar-refractivity contribution is 6.30. The standard InChI is InChI=1S/C18H20ClN5O2/c19-14-2-3-16(20-7-14)22-8-12-10-23(11-13(12)9-22)18(25)15-6-17-24(21-15)4-1-5-26-17/h2-3,6-7,12-13H,1,4-5,8-11H2. The summed E-state index contributed by atoms with van der Waals surface area (Å²) in [5.41, 5.74) is 0.498. The highest BCUT2D eigenvalue weighted by Crippen LogP contribution is 2.34. The van der Waals surface area contributed by atoms with Crippen LogP contribution in [-0.4, -0.2) is 58.4 Å². The lowest BCUT2D eigenvalue weighted by molar-refractivity contribution is 0.0775. The van der Waals surface area contributed by atoms with Crippen LogP contribution < -0.4 is 9.64 Å². The summed E-state index contributed by atoms with van der Waals surface area (Å²) in [6, 6.07) is 5.61. The van der Waals surface area contributed by atoms with E-state index in [0.717, 1.165) is 45.0 Å². The molecule has 3 aliphatic heterocycles. The molecule has 2 atom stereocenters. The van der Waals surface area contributed by atoms with Gasteiger partial charge >= 0.3 is 0 Å². The minimum atomic E-state index is 0.0149. The summed E-state index contributed by atoms with van der Waals surface area (Å²) < 4.78 is 7.36. The van der Waals surface area contributed by atoms with Gasteiger partial charge in [-0.1, -0.05) is 11.6 Å². The Morgan fingerprint density at radius 2 is 2.00 bits per heavy atom. The Hall–Kier alpha value is -2.28. The summed E-state index contributed by atoms with van der Waals surface area (Å²) >= 11 is 5.92. The third-order valence-electron chi connectivity index (χ3n) is 5.54. The summed E-state index contributed by atoms with van der Waals surface area (Å²) in [6.45, 7) is 4.91. The van der Waals surface area contributed by atoms with Gasteiger partial charge in [-0.15, -0.1) is 0 Å². The number of carbonyl (C=O) groups is 1. The molecule has 7 nitrogen and oxygen atoms in total. The molecule has 0 spiro atoms.